The van der Waals surface area contributed by atoms with Crippen LogP contribution in [0.3, 0.4) is 0 Å². The average Bonchev–Trinajstić information content (AvgIpc) is 3.06. The van der Waals surface area contributed by atoms with Crippen LogP contribution in [0.25, 0.3) is 0 Å². The molecule has 0 aliphatic rings. The van der Waals surface area contributed by atoms with Crippen molar-refractivity contribution in [1.82, 2.24) is 10.3 Å². The van der Waals surface area contributed by atoms with Crippen molar-refractivity contribution in [3.8, 4) is 11.5 Å². The molecule has 1 aromatic heterocycles. The second kappa shape index (κ2) is 7.40. The van der Waals surface area contributed by atoms with E-state index < -0.39 is 6.10 Å². The van der Waals surface area contributed by atoms with Gasteiger partial charge in [-0.2, -0.15) is 0 Å². The van der Waals surface area contributed by atoms with E-state index in [1.165, 1.54) is 0 Å². The highest BCUT2D eigenvalue weighted by Crippen LogP contribution is 2.29. The molecule has 0 saturated heterocycles. The minimum atomic E-state index is -0.683. The summed E-state index contributed by atoms with van der Waals surface area (Å²) in [6, 6.07) is 5.48. The number of nitrogens with zero attached hydrogens (tertiary/aromatic N) is 1. The zero-order chi connectivity index (χ0) is 15.2. The third-order valence-electron chi connectivity index (χ3n) is 3.24. The number of aliphatic hydroxyl groups excluding tert-OH is 1. The summed E-state index contributed by atoms with van der Waals surface area (Å²) in [7, 11) is 3.18. The number of hydrogen-bond donors (Lipinski definition) is 2. The summed E-state index contributed by atoms with van der Waals surface area (Å²) in [4.78, 5) is 4.26. The van der Waals surface area contributed by atoms with Crippen LogP contribution in [0.15, 0.2) is 29.8 Å². The Kier molecular flexibility index (Phi) is 5.55. The van der Waals surface area contributed by atoms with Gasteiger partial charge in [-0.25, -0.2) is 4.98 Å². The third kappa shape index (κ3) is 3.93. The highest BCUT2D eigenvalue weighted by Gasteiger charge is 2.16. The van der Waals surface area contributed by atoms with Gasteiger partial charge in [0.15, 0.2) is 0 Å². The summed E-state index contributed by atoms with van der Waals surface area (Å²) in [6.45, 7) is 2.43. The first kappa shape index (κ1) is 15.8. The predicted octanol–water partition coefficient (Wildman–Crippen LogP) is 2.54. The number of ether oxygens (including phenoxy) is 2. The second-order valence-corrected chi connectivity index (χ2v) is 5.55. The van der Waals surface area contributed by atoms with Crippen LogP contribution in [-0.4, -0.2) is 30.9 Å². The lowest BCUT2D eigenvalue weighted by atomic mass is 10.1. The molecule has 2 rings (SSSR count). The van der Waals surface area contributed by atoms with E-state index >= 15 is 0 Å². The highest BCUT2D eigenvalue weighted by molar-refractivity contribution is 7.09. The molecule has 2 atom stereocenters. The summed E-state index contributed by atoms with van der Waals surface area (Å²) in [6.07, 6.45) is 1.09. The molecule has 6 heteroatoms. The lowest BCUT2D eigenvalue weighted by Gasteiger charge is -2.18. The van der Waals surface area contributed by atoms with Crippen LogP contribution >= 0.6 is 11.3 Å². The van der Waals surface area contributed by atoms with E-state index in [-0.39, 0.29) is 6.04 Å². The number of aromatic nitrogens is 1. The van der Waals surface area contributed by atoms with Crippen molar-refractivity contribution in [2.45, 2.75) is 19.1 Å². The first-order valence-electron chi connectivity index (χ1n) is 6.68. The molecule has 114 valence electrons. The van der Waals surface area contributed by atoms with Crippen LogP contribution in [0.2, 0.25) is 0 Å². The fraction of sp³-hybridized carbons (Fsp3) is 0.400. The van der Waals surface area contributed by atoms with Gasteiger partial charge < -0.3 is 19.9 Å². The zero-order valence-electron chi connectivity index (χ0n) is 12.4. The van der Waals surface area contributed by atoms with E-state index in [0.29, 0.717) is 23.6 Å². The largest absolute Gasteiger partial charge is 0.497 e. The molecule has 5 nitrogen and oxygen atoms in total. The third-order valence-corrected chi connectivity index (χ3v) is 4.19. The average molecular weight is 308 g/mol. The van der Waals surface area contributed by atoms with Crippen LogP contribution in [0.1, 0.15) is 29.6 Å². The fourth-order valence-electron chi connectivity index (χ4n) is 2.03. The molecule has 21 heavy (non-hydrogen) atoms. The lowest BCUT2D eigenvalue weighted by molar-refractivity contribution is 0.166. The van der Waals surface area contributed by atoms with Gasteiger partial charge in [0.25, 0.3) is 0 Å². The molecule has 0 spiro atoms. The van der Waals surface area contributed by atoms with Gasteiger partial charge >= 0.3 is 0 Å². The number of aliphatic hydroxyl groups is 1. The van der Waals surface area contributed by atoms with Gasteiger partial charge in [0, 0.05) is 23.7 Å². The molecule has 0 radical (unpaired) electrons. The van der Waals surface area contributed by atoms with Crippen LogP contribution in [0, 0.1) is 0 Å². The first-order chi connectivity index (χ1) is 10.2. The smallest absolute Gasteiger partial charge is 0.124 e. The Hall–Kier alpha value is -1.63. The quantitative estimate of drug-likeness (QED) is 0.823. The predicted molar refractivity (Wildman–Crippen MR) is 83.0 cm³/mol. The maximum atomic E-state index is 10.4. The monoisotopic (exact) mass is 308 g/mol. The Morgan fingerprint density at radius 2 is 2.14 bits per heavy atom. The first-order valence-corrected chi connectivity index (χ1v) is 7.56. The lowest BCUT2D eigenvalue weighted by Crippen LogP contribution is -2.24. The number of methoxy groups -OCH3 is 2. The summed E-state index contributed by atoms with van der Waals surface area (Å²) in [5, 5.41) is 16.6. The van der Waals surface area contributed by atoms with Gasteiger partial charge in [-0.3, -0.25) is 0 Å². The van der Waals surface area contributed by atoms with Crippen LogP contribution in [-0.2, 0) is 0 Å². The van der Waals surface area contributed by atoms with Gasteiger partial charge in [-0.1, -0.05) is 0 Å². The van der Waals surface area contributed by atoms with E-state index in [1.54, 1.807) is 50.0 Å². The summed E-state index contributed by atoms with van der Waals surface area (Å²) < 4.78 is 10.5. The summed E-state index contributed by atoms with van der Waals surface area (Å²) in [5.41, 5.74) is 0.704. The fourth-order valence-corrected chi connectivity index (χ4v) is 2.70. The highest BCUT2D eigenvalue weighted by atomic mass is 32.1. The molecular weight excluding hydrogens is 288 g/mol. The SMILES string of the molecule is COc1ccc(OC)c(C(O)CNC(C)c2nccs2)c1. The molecule has 0 aliphatic carbocycles. The van der Waals surface area contributed by atoms with Gasteiger partial charge in [-0.05, 0) is 25.1 Å². The molecule has 0 saturated carbocycles. The Labute approximate surface area is 128 Å². The van der Waals surface area contributed by atoms with Crippen molar-refractivity contribution >= 4 is 11.3 Å². The van der Waals surface area contributed by atoms with Crippen molar-refractivity contribution in [1.29, 1.82) is 0 Å². The van der Waals surface area contributed by atoms with Crippen molar-refractivity contribution in [2.24, 2.45) is 0 Å². The Balaban J connectivity index is 2.04. The number of rotatable bonds is 7. The Morgan fingerprint density at radius 1 is 1.33 bits per heavy atom. The maximum absolute atomic E-state index is 10.4. The van der Waals surface area contributed by atoms with E-state index in [1.807, 2.05) is 12.3 Å². The minimum Gasteiger partial charge on any atom is -0.497 e. The van der Waals surface area contributed by atoms with Gasteiger partial charge in [0.05, 0.1) is 26.4 Å². The van der Waals surface area contributed by atoms with E-state index in [0.717, 1.165) is 5.01 Å². The van der Waals surface area contributed by atoms with Crippen molar-refractivity contribution in [3.05, 3.63) is 40.3 Å². The molecule has 2 unspecified atom stereocenters. The van der Waals surface area contributed by atoms with Crippen LogP contribution < -0.4 is 14.8 Å². The van der Waals surface area contributed by atoms with E-state index in [2.05, 4.69) is 10.3 Å². The number of nitrogens with one attached hydrogen (secondary N) is 1. The number of hydrogen-bond acceptors (Lipinski definition) is 6. The van der Waals surface area contributed by atoms with E-state index in [9.17, 15) is 5.11 Å². The number of benzene rings is 1. The Morgan fingerprint density at radius 3 is 2.76 bits per heavy atom. The molecule has 2 aromatic rings. The molecule has 0 fully saturated rings. The Bertz CT molecular complexity index is 560. The molecule has 1 aromatic carbocycles. The van der Waals surface area contributed by atoms with Gasteiger partial charge in [0.1, 0.15) is 16.5 Å². The number of thiazole rings is 1. The topological polar surface area (TPSA) is 63.6 Å². The van der Waals surface area contributed by atoms with E-state index in [4.69, 9.17) is 9.47 Å². The van der Waals surface area contributed by atoms with Crippen LogP contribution in [0.5, 0.6) is 11.5 Å². The van der Waals surface area contributed by atoms with Crippen molar-refractivity contribution in [2.75, 3.05) is 20.8 Å². The maximum Gasteiger partial charge on any atom is 0.124 e. The summed E-state index contributed by atoms with van der Waals surface area (Å²) in [5.74, 6) is 1.34. The molecule has 2 N–H and O–H groups in total. The zero-order valence-corrected chi connectivity index (χ0v) is 13.2. The minimum absolute atomic E-state index is 0.0938. The standard InChI is InChI=1S/C15H20N2O3S/c1-10(15-16-6-7-21-15)17-9-13(18)12-8-11(19-2)4-5-14(12)20-3/h4-8,10,13,17-18H,9H2,1-3H3. The van der Waals surface area contributed by atoms with Gasteiger partial charge in [-0.15, -0.1) is 11.3 Å². The second-order valence-electron chi connectivity index (χ2n) is 4.62. The molecular formula is C15H20N2O3S. The molecule has 0 amide bonds. The normalized spacial score (nSPS) is 13.7. The molecule has 0 aliphatic heterocycles. The molecule has 1 heterocycles. The van der Waals surface area contributed by atoms with Crippen molar-refractivity contribution < 1.29 is 14.6 Å². The summed E-state index contributed by atoms with van der Waals surface area (Å²) >= 11 is 1.59. The van der Waals surface area contributed by atoms with Gasteiger partial charge in [0.2, 0.25) is 0 Å². The molecule has 0 bridgehead atoms. The van der Waals surface area contributed by atoms with Crippen LogP contribution in [0.4, 0.5) is 0 Å². The van der Waals surface area contributed by atoms with Crippen molar-refractivity contribution in [3.63, 3.8) is 0 Å².